The summed E-state index contributed by atoms with van der Waals surface area (Å²) in [7, 11) is 0. The second-order valence-corrected chi connectivity index (χ2v) is 5.34. The number of rotatable bonds is 5. The molecule has 0 atom stereocenters. The fourth-order valence-electron chi connectivity index (χ4n) is 2.70. The first-order chi connectivity index (χ1) is 11.6. The number of aromatic nitrogens is 3. The van der Waals surface area contributed by atoms with Crippen molar-refractivity contribution >= 4 is 17.0 Å². The van der Waals surface area contributed by atoms with Gasteiger partial charge in [0.15, 0.2) is 0 Å². The molecule has 2 aromatic carbocycles. The lowest BCUT2D eigenvalue weighted by molar-refractivity contribution is -0.128. The molecule has 0 unspecified atom stereocenters. The number of aromatic hydroxyl groups is 1. The Kier molecular flexibility index (Phi) is 4.29. The van der Waals surface area contributed by atoms with Crippen molar-refractivity contribution in [2.75, 3.05) is 0 Å². The number of esters is 1. The maximum atomic E-state index is 11.4. The Balaban J connectivity index is 2.19. The van der Waals surface area contributed by atoms with E-state index in [1.807, 2.05) is 13.0 Å². The SMILES string of the molecule is C=CC(=O)Oc1cccc(-c2c(CCC)c(O)cc3n[nH]nc23)c1. The van der Waals surface area contributed by atoms with Crippen LogP contribution in [0.4, 0.5) is 0 Å². The quantitative estimate of drug-likeness (QED) is 0.427. The Hall–Kier alpha value is -3.15. The molecular formula is C18H17N3O3. The minimum absolute atomic E-state index is 0.182. The van der Waals surface area contributed by atoms with Crippen molar-refractivity contribution in [3.8, 4) is 22.6 Å². The summed E-state index contributed by atoms with van der Waals surface area (Å²) >= 11 is 0. The Morgan fingerprint density at radius 2 is 2.21 bits per heavy atom. The molecule has 0 aliphatic heterocycles. The normalized spacial score (nSPS) is 10.7. The van der Waals surface area contributed by atoms with E-state index in [0.717, 1.165) is 29.2 Å². The lowest BCUT2D eigenvalue weighted by atomic mass is 9.94. The highest BCUT2D eigenvalue weighted by atomic mass is 16.5. The average Bonchev–Trinajstić information content (AvgIpc) is 3.03. The van der Waals surface area contributed by atoms with Gasteiger partial charge in [-0.2, -0.15) is 15.4 Å². The fraction of sp³-hybridized carbons (Fsp3) is 0.167. The van der Waals surface area contributed by atoms with Crippen LogP contribution in [0.15, 0.2) is 43.0 Å². The molecule has 0 aliphatic carbocycles. The van der Waals surface area contributed by atoms with Crippen LogP contribution in [-0.4, -0.2) is 26.5 Å². The molecule has 0 saturated heterocycles. The first-order valence-corrected chi connectivity index (χ1v) is 7.64. The van der Waals surface area contributed by atoms with Crippen LogP contribution < -0.4 is 4.74 Å². The smallest absolute Gasteiger partial charge is 0.335 e. The molecular weight excluding hydrogens is 306 g/mol. The van der Waals surface area contributed by atoms with Crippen LogP contribution in [-0.2, 0) is 11.2 Å². The van der Waals surface area contributed by atoms with E-state index in [2.05, 4.69) is 22.0 Å². The minimum atomic E-state index is -0.525. The van der Waals surface area contributed by atoms with E-state index in [1.165, 1.54) is 0 Å². The zero-order valence-electron chi connectivity index (χ0n) is 13.2. The van der Waals surface area contributed by atoms with Crippen LogP contribution in [0.25, 0.3) is 22.2 Å². The first-order valence-electron chi connectivity index (χ1n) is 7.64. The first kappa shape index (κ1) is 15.7. The van der Waals surface area contributed by atoms with Gasteiger partial charge in [-0.15, -0.1) is 0 Å². The molecule has 0 fully saturated rings. The lowest BCUT2D eigenvalue weighted by Gasteiger charge is -2.12. The van der Waals surface area contributed by atoms with Crippen LogP contribution in [0.2, 0.25) is 0 Å². The van der Waals surface area contributed by atoms with Crippen molar-refractivity contribution < 1.29 is 14.6 Å². The number of benzene rings is 2. The molecule has 1 aromatic heterocycles. The highest BCUT2D eigenvalue weighted by Gasteiger charge is 2.17. The predicted molar refractivity (Wildman–Crippen MR) is 90.8 cm³/mol. The number of hydrogen-bond acceptors (Lipinski definition) is 5. The van der Waals surface area contributed by atoms with Gasteiger partial charge in [-0.05, 0) is 24.1 Å². The summed E-state index contributed by atoms with van der Waals surface area (Å²) in [5.74, 6) is 0.0602. The van der Waals surface area contributed by atoms with Crippen LogP contribution in [0.5, 0.6) is 11.5 Å². The van der Waals surface area contributed by atoms with Crippen LogP contribution >= 0.6 is 0 Å². The topological polar surface area (TPSA) is 88.1 Å². The highest BCUT2D eigenvalue weighted by Crippen LogP contribution is 2.37. The van der Waals surface area contributed by atoms with Gasteiger partial charge in [0.25, 0.3) is 0 Å². The van der Waals surface area contributed by atoms with Crippen molar-refractivity contribution in [1.29, 1.82) is 0 Å². The maximum absolute atomic E-state index is 11.4. The highest BCUT2D eigenvalue weighted by molar-refractivity contribution is 5.95. The minimum Gasteiger partial charge on any atom is -0.508 e. The number of fused-ring (bicyclic) bond motifs is 1. The van der Waals surface area contributed by atoms with E-state index in [0.29, 0.717) is 23.2 Å². The van der Waals surface area contributed by atoms with E-state index in [-0.39, 0.29) is 5.75 Å². The van der Waals surface area contributed by atoms with E-state index in [1.54, 1.807) is 24.3 Å². The fourth-order valence-corrected chi connectivity index (χ4v) is 2.70. The average molecular weight is 323 g/mol. The third-order valence-corrected chi connectivity index (χ3v) is 3.70. The molecule has 2 N–H and O–H groups in total. The van der Waals surface area contributed by atoms with Gasteiger partial charge in [-0.3, -0.25) is 0 Å². The van der Waals surface area contributed by atoms with E-state index in [9.17, 15) is 9.90 Å². The summed E-state index contributed by atoms with van der Waals surface area (Å²) in [6, 6.07) is 8.70. The van der Waals surface area contributed by atoms with E-state index < -0.39 is 5.97 Å². The number of carbonyl (C=O) groups excluding carboxylic acids is 1. The summed E-state index contributed by atoms with van der Waals surface area (Å²) in [4.78, 5) is 11.4. The third-order valence-electron chi connectivity index (χ3n) is 3.70. The molecule has 0 radical (unpaired) electrons. The van der Waals surface area contributed by atoms with Gasteiger partial charge >= 0.3 is 5.97 Å². The Morgan fingerprint density at radius 1 is 1.38 bits per heavy atom. The second-order valence-electron chi connectivity index (χ2n) is 5.34. The number of phenolic OH excluding ortho intramolecular Hbond substituents is 1. The zero-order valence-corrected chi connectivity index (χ0v) is 13.2. The molecule has 1 heterocycles. The number of carbonyl (C=O) groups is 1. The van der Waals surface area contributed by atoms with Gasteiger partial charge in [-0.25, -0.2) is 4.79 Å². The van der Waals surface area contributed by atoms with E-state index in [4.69, 9.17) is 4.74 Å². The lowest BCUT2D eigenvalue weighted by Crippen LogP contribution is -2.03. The van der Waals surface area contributed by atoms with Gasteiger partial charge < -0.3 is 9.84 Å². The number of nitrogens with one attached hydrogen (secondary N) is 1. The van der Waals surface area contributed by atoms with Crippen molar-refractivity contribution in [3.05, 3.63) is 48.6 Å². The standard InChI is InChI=1S/C18H17N3O3/c1-3-6-13-15(22)10-14-18(20-21-19-14)17(13)11-7-5-8-12(9-11)24-16(23)4-2/h4-5,7-10,22H,2-3,6H2,1H3,(H,19,20,21). The predicted octanol–water partition coefficient (Wildman–Crippen LogP) is 3.37. The van der Waals surface area contributed by atoms with Gasteiger partial charge in [0.2, 0.25) is 0 Å². The van der Waals surface area contributed by atoms with Crippen LogP contribution in [0, 0.1) is 0 Å². The monoisotopic (exact) mass is 323 g/mol. The largest absolute Gasteiger partial charge is 0.508 e. The summed E-state index contributed by atoms with van der Waals surface area (Å²) in [6.07, 6.45) is 2.68. The molecule has 0 spiro atoms. The summed E-state index contributed by atoms with van der Waals surface area (Å²) in [5, 5.41) is 21.2. The molecule has 122 valence electrons. The van der Waals surface area contributed by atoms with Crippen molar-refractivity contribution in [2.45, 2.75) is 19.8 Å². The van der Waals surface area contributed by atoms with Gasteiger partial charge in [0, 0.05) is 23.3 Å². The summed E-state index contributed by atoms with van der Waals surface area (Å²) in [5.41, 5.74) is 3.63. The maximum Gasteiger partial charge on any atom is 0.335 e. The number of aromatic amines is 1. The third kappa shape index (κ3) is 2.86. The molecule has 0 bridgehead atoms. The molecule has 0 amide bonds. The Morgan fingerprint density at radius 3 is 2.96 bits per heavy atom. The molecule has 3 aromatic rings. The molecule has 0 aliphatic rings. The Bertz CT molecular complexity index is 915. The number of hydrogen-bond donors (Lipinski definition) is 2. The van der Waals surface area contributed by atoms with Crippen molar-refractivity contribution in [1.82, 2.24) is 15.4 Å². The number of phenols is 1. The molecule has 24 heavy (non-hydrogen) atoms. The summed E-state index contributed by atoms with van der Waals surface area (Å²) < 4.78 is 5.19. The van der Waals surface area contributed by atoms with Crippen LogP contribution in [0.1, 0.15) is 18.9 Å². The molecule has 3 rings (SSSR count). The summed E-state index contributed by atoms with van der Waals surface area (Å²) in [6.45, 7) is 5.43. The van der Waals surface area contributed by atoms with Crippen molar-refractivity contribution in [2.24, 2.45) is 0 Å². The van der Waals surface area contributed by atoms with Crippen molar-refractivity contribution in [3.63, 3.8) is 0 Å². The van der Waals surface area contributed by atoms with Gasteiger partial charge in [0.1, 0.15) is 22.5 Å². The molecule has 6 heteroatoms. The Labute approximate surface area is 138 Å². The molecule has 6 nitrogen and oxygen atoms in total. The molecule has 0 saturated carbocycles. The number of H-pyrrole nitrogens is 1. The van der Waals surface area contributed by atoms with Gasteiger partial charge in [-0.1, -0.05) is 32.1 Å². The number of nitrogens with zero attached hydrogens (tertiary/aromatic N) is 2. The van der Waals surface area contributed by atoms with E-state index >= 15 is 0 Å². The number of ether oxygens (including phenoxy) is 1. The van der Waals surface area contributed by atoms with Crippen LogP contribution in [0.3, 0.4) is 0 Å². The zero-order chi connectivity index (χ0) is 17.1. The van der Waals surface area contributed by atoms with Gasteiger partial charge in [0.05, 0.1) is 0 Å². The second kappa shape index (κ2) is 6.54.